The van der Waals surface area contributed by atoms with Crippen LogP contribution in [0.2, 0.25) is 0 Å². The quantitative estimate of drug-likeness (QED) is 0.897. The number of aryl methyl sites for hydroxylation is 1. The topological polar surface area (TPSA) is 74.6 Å². The number of carboxylic acid groups (broad SMARTS) is 1. The Morgan fingerprint density at radius 3 is 2.48 bits per heavy atom. The fourth-order valence-corrected chi connectivity index (χ4v) is 3.16. The van der Waals surface area contributed by atoms with Gasteiger partial charge in [0.1, 0.15) is 5.60 Å². The molecule has 0 aromatic heterocycles. The van der Waals surface area contributed by atoms with Gasteiger partial charge >= 0.3 is 5.97 Å². The fraction of sp³-hybridized carbons (Fsp3) is 0.368. The number of rotatable bonds is 3. The number of carboxylic acids is 1. The lowest BCUT2D eigenvalue weighted by Crippen LogP contribution is -2.47. The van der Waals surface area contributed by atoms with E-state index in [9.17, 15) is 19.8 Å². The van der Waals surface area contributed by atoms with Gasteiger partial charge in [0.2, 0.25) is 0 Å². The first-order chi connectivity index (χ1) is 10.6. The molecule has 1 atom stereocenters. The lowest BCUT2D eigenvalue weighted by Gasteiger charge is -2.44. The van der Waals surface area contributed by atoms with Crippen molar-refractivity contribution in [1.29, 1.82) is 0 Å². The lowest BCUT2D eigenvalue weighted by atomic mass is 9.64. The standard InChI is InChI=1S/C19H22O4/c1-12-6-5-7-16(17(21)22)15(12)8-9-19(23)13(2)10-14(20)11-18(19,3)4/h5-10,23H,11H2,1-4H3,(H,21,22). The summed E-state index contributed by atoms with van der Waals surface area (Å²) >= 11 is 0. The van der Waals surface area contributed by atoms with E-state index in [1.807, 2.05) is 26.8 Å². The molecule has 0 spiro atoms. The van der Waals surface area contributed by atoms with E-state index in [1.54, 1.807) is 25.1 Å². The highest BCUT2D eigenvalue weighted by atomic mass is 16.4. The molecule has 2 rings (SSSR count). The number of hydrogen-bond donors (Lipinski definition) is 2. The first-order valence-corrected chi connectivity index (χ1v) is 7.54. The van der Waals surface area contributed by atoms with Crippen LogP contribution in [0.4, 0.5) is 0 Å². The van der Waals surface area contributed by atoms with Gasteiger partial charge in [-0.3, -0.25) is 4.79 Å². The van der Waals surface area contributed by atoms with Crippen LogP contribution >= 0.6 is 0 Å². The SMILES string of the molecule is CC1=CC(=O)CC(C)(C)C1(O)C=Cc1c(C)cccc1C(=O)O. The van der Waals surface area contributed by atoms with Crippen molar-refractivity contribution in [3.63, 3.8) is 0 Å². The number of allylic oxidation sites excluding steroid dienone is 1. The van der Waals surface area contributed by atoms with Crippen molar-refractivity contribution >= 4 is 17.8 Å². The predicted molar refractivity (Wildman–Crippen MR) is 89.3 cm³/mol. The number of hydrogen-bond acceptors (Lipinski definition) is 3. The van der Waals surface area contributed by atoms with E-state index in [1.165, 1.54) is 12.1 Å². The van der Waals surface area contributed by atoms with Gasteiger partial charge in [0.25, 0.3) is 0 Å². The maximum absolute atomic E-state index is 11.8. The van der Waals surface area contributed by atoms with Gasteiger partial charge in [-0.05, 0) is 48.8 Å². The average Bonchev–Trinajstić information content (AvgIpc) is 2.42. The molecule has 4 nitrogen and oxygen atoms in total. The van der Waals surface area contributed by atoms with Gasteiger partial charge in [0.15, 0.2) is 5.78 Å². The summed E-state index contributed by atoms with van der Waals surface area (Å²) in [5.41, 5.74) is 0.186. The number of aromatic carboxylic acids is 1. The molecule has 1 aliphatic rings. The minimum absolute atomic E-state index is 0.00677. The Morgan fingerprint density at radius 2 is 1.91 bits per heavy atom. The Balaban J connectivity index is 2.54. The molecule has 1 unspecified atom stereocenters. The fourth-order valence-electron chi connectivity index (χ4n) is 3.16. The summed E-state index contributed by atoms with van der Waals surface area (Å²) in [6.45, 7) is 7.22. The minimum atomic E-state index is -1.29. The minimum Gasteiger partial charge on any atom is -0.478 e. The van der Waals surface area contributed by atoms with E-state index in [-0.39, 0.29) is 17.8 Å². The van der Waals surface area contributed by atoms with Crippen LogP contribution in [0, 0.1) is 12.3 Å². The molecule has 2 N–H and O–H groups in total. The second-order valence-corrected chi connectivity index (χ2v) is 6.80. The molecular weight excluding hydrogens is 292 g/mol. The molecule has 1 aromatic rings. The average molecular weight is 314 g/mol. The molecule has 0 fully saturated rings. The van der Waals surface area contributed by atoms with Gasteiger partial charge in [0.05, 0.1) is 5.56 Å². The third kappa shape index (κ3) is 2.99. The highest BCUT2D eigenvalue weighted by Gasteiger charge is 2.46. The van der Waals surface area contributed by atoms with Crippen LogP contribution in [0.25, 0.3) is 6.08 Å². The molecule has 122 valence electrons. The predicted octanol–water partition coefficient (Wildman–Crippen LogP) is 3.38. The molecule has 0 amide bonds. The number of benzene rings is 1. The van der Waals surface area contributed by atoms with Gasteiger partial charge in [-0.1, -0.05) is 32.1 Å². The second kappa shape index (κ2) is 5.78. The first kappa shape index (κ1) is 17.2. The Labute approximate surface area is 136 Å². The zero-order chi connectivity index (χ0) is 17.4. The van der Waals surface area contributed by atoms with E-state index >= 15 is 0 Å². The van der Waals surface area contributed by atoms with Gasteiger partial charge in [0, 0.05) is 11.8 Å². The van der Waals surface area contributed by atoms with Crippen molar-refractivity contribution in [1.82, 2.24) is 0 Å². The van der Waals surface area contributed by atoms with Gasteiger partial charge in [-0.25, -0.2) is 4.79 Å². The molecule has 0 saturated carbocycles. The third-order valence-electron chi connectivity index (χ3n) is 4.67. The number of carbonyl (C=O) groups excluding carboxylic acids is 1. The Hall–Kier alpha value is -2.20. The van der Waals surface area contributed by atoms with Gasteiger partial charge < -0.3 is 10.2 Å². The molecule has 23 heavy (non-hydrogen) atoms. The molecule has 4 heteroatoms. The van der Waals surface area contributed by atoms with Crippen LogP contribution in [-0.2, 0) is 4.79 Å². The van der Waals surface area contributed by atoms with E-state index in [4.69, 9.17) is 0 Å². The highest BCUT2D eigenvalue weighted by molar-refractivity contribution is 5.94. The summed E-state index contributed by atoms with van der Waals surface area (Å²) in [5, 5.41) is 20.4. The summed E-state index contributed by atoms with van der Waals surface area (Å²) in [6, 6.07) is 5.06. The molecule has 0 saturated heterocycles. The molecule has 0 bridgehead atoms. The highest BCUT2D eigenvalue weighted by Crippen LogP contribution is 2.44. The smallest absolute Gasteiger partial charge is 0.336 e. The molecule has 1 aliphatic carbocycles. The van der Waals surface area contributed by atoms with Crippen LogP contribution in [0.5, 0.6) is 0 Å². The summed E-state index contributed by atoms with van der Waals surface area (Å²) < 4.78 is 0. The van der Waals surface area contributed by atoms with E-state index in [0.29, 0.717) is 11.1 Å². The van der Waals surface area contributed by atoms with E-state index in [0.717, 1.165) is 5.56 Å². The monoisotopic (exact) mass is 314 g/mol. The third-order valence-corrected chi connectivity index (χ3v) is 4.67. The Kier molecular flexibility index (Phi) is 4.31. The van der Waals surface area contributed by atoms with Crippen LogP contribution < -0.4 is 0 Å². The molecule has 0 heterocycles. The largest absolute Gasteiger partial charge is 0.478 e. The Bertz CT molecular complexity index is 725. The van der Waals surface area contributed by atoms with Crippen molar-refractivity contribution in [2.45, 2.75) is 39.7 Å². The molecule has 1 aromatic carbocycles. The molecule has 0 radical (unpaired) electrons. The zero-order valence-corrected chi connectivity index (χ0v) is 13.9. The number of aliphatic hydroxyl groups is 1. The maximum atomic E-state index is 11.8. The van der Waals surface area contributed by atoms with Gasteiger partial charge in [-0.15, -0.1) is 0 Å². The van der Waals surface area contributed by atoms with Crippen LogP contribution in [0.15, 0.2) is 35.9 Å². The van der Waals surface area contributed by atoms with Crippen LogP contribution in [-0.4, -0.2) is 27.6 Å². The zero-order valence-electron chi connectivity index (χ0n) is 13.9. The normalized spacial score (nSPS) is 23.9. The molecule has 0 aliphatic heterocycles. The number of carbonyl (C=O) groups is 2. The van der Waals surface area contributed by atoms with Crippen molar-refractivity contribution in [2.24, 2.45) is 5.41 Å². The van der Waals surface area contributed by atoms with Crippen molar-refractivity contribution in [2.75, 3.05) is 0 Å². The summed E-state index contributed by atoms with van der Waals surface area (Å²) in [4.78, 5) is 23.1. The van der Waals surface area contributed by atoms with E-state index in [2.05, 4.69) is 0 Å². The van der Waals surface area contributed by atoms with Crippen LogP contribution in [0.3, 0.4) is 0 Å². The summed E-state index contributed by atoms with van der Waals surface area (Å²) in [6.07, 6.45) is 4.96. The second-order valence-electron chi connectivity index (χ2n) is 6.80. The lowest BCUT2D eigenvalue weighted by molar-refractivity contribution is -0.121. The first-order valence-electron chi connectivity index (χ1n) is 7.54. The van der Waals surface area contributed by atoms with E-state index < -0.39 is 17.0 Å². The van der Waals surface area contributed by atoms with Gasteiger partial charge in [-0.2, -0.15) is 0 Å². The molecular formula is C19H22O4. The number of ketones is 1. The van der Waals surface area contributed by atoms with Crippen molar-refractivity contribution in [3.8, 4) is 0 Å². The maximum Gasteiger partial charge on any atom is 0.336 e. The van der Waals surface area contributed by atoms with Crippen LogP contribution in [0.1, 0.15) is 48.7 Å². The van der Waals surface area contributed by atoms with Crippen molar-refractivity contribution in [3.05, 3.63) is 52.6 Å². The summed E-state index contributed by atoms with van der Waals surface area (Å²) in [7, 11) is 0. The Morgan fingerprint density at radius 1 is 1.26 bits per heavy atom. The summed E-state index contributed by atoms with van der Waals surface area (Å²) in [5.74, 6) is -1.02. The van der Waals surface area contributed by atoms with Crippen molar-refractivity contribution < 1.29 is 19.8 Å².